The van der Waals surface area contributed by atoms with Crippen LogP contribution in [0.4, 0.5) is 26.3 Å². The number of hydrogen-bond donors (Lipinski definition) is 1. The first-order valence-corrected chi connectivity index (χ1v) is 7.66. The molecule has 1 fully saturated rings. The van der Waals surface area contributed by atoms with Crippen molar-refractivity contribution in [3.05, 3.63) is 29.8 Å². The summed E-state index contributed by atoms with van der Waals surface area (Å²) in [5.41, 5.74) is -0.235. The molecule has 0 spiro atoms. The molecule has 2 rings (SSSR count). The van der Waals surface area contributed by atoms with Crippen molar-refractivity contribution < 1.29 is 41.0 Å². The van der Waals surface area contributed by atoms with Crippen molar-refractivity contribution in [2.75, 3.05) is 13.1 Å². The number of likely N-dealkylation sites (tertiary alicyclic amines) is 1. The van der Waals surface area contributed by atoms with Gasteiger partial charge in [-0.2, -0.15) is 22.0 Å². The number of carbonyl (C=O) groups is 1. The second-order valence-corrected chi connectivity index (χ2v) is 6.54. The zero-order valence-electron chi connectivity index (χ0n) is 13.7. The van der Waals surface area contributed by atoms with Crippen molar-refractivity contribution in [2.24, 2.45) is 5.41 Å². The summed E-state index contributed by atoms with van der Waals surface area (Å²) in [6, 6.07) is 4.73. The minimum absolute atomic E-state index is 0.313. The van der Waals surface area contributed by atoms with E-state index in [4.69, 9.17) is 0 Å². The Labute approximate surface area is 145 Å². The third-order valence-corrected chi connectivity index (χ3v) is 4.23. The van der Waals surface area contributed by atoms with Gasteiger partial charge in [-0.3, -0.25) is 9.69 Å². The van der Waals surface area contributed by atoms with Crippen LogP contribution in [0.15, 0.2) is 24.3 Å². The summed E-state index contributed by atoms with van der Waals surface area (Å²) < 4.78 is 79.3. The number of hydrogen-bond acceptors (Lipinski definition) is 3. The number of benzene rings is 1. The predicted octanol–water partition coefficient (Wildman–Crippen LogP) is 3.86. The van der Waals surface area contributed by atoms with E-state index in [-0.39, 0.29) is 0 Å². The van der Waals surface area contributed by atoms with Crippen LogP contribution in [0.2, 0.25) is 0 Å². The van der Waals surface area contributed by atoms with E-state index in [1.165, 1.54) is 12.1 Å². The summed E-state index contributed by atoms with van der Waals surface area (Å²) in [5, 5.41) is 9.18. The molecule has 10 heteroatoms. The van der Waals surface area contributed by atoms with E-state index >= 15 is 0 Å². The van der Waals surface area contributed by atoms with Crippen LogP contribution in [0.25, 0.3) is 0 Å². The molecule has 2 unspecified atom stereocenters. The number of halogens is 6. The minimum Gasteiger partial charge on any atom is -0.481 e. The van der Waals surface area contributed by atoms with Crippen LogP contribution < -0.4 is 4.74 Å². The number of ether oxygens (including phenoxy) is 1. The van der Waals surface area contributed by atoms with Crippen LogP contribution in [-0.4, -0.2) is 47.5 Å². The van der Waals surface area contributed by atoms with Crippen LogP contribution in [0.5, 0.6) is 5.75 Å². The molecule has 26 heavy (non-hydrogen) atoms. The Morgan fingerprint density at radius 2 is 1.85 bits per heavy atom. The van der Waals surface area contributed by atoms with Gasteiger partial charge in [0.1, 0.15) is 5.75 Å². The fourth-order valence-corrected chi connectivity index (χ4v) is 2.69. The largest absolute Gasteiger partial charge is 0.481 e. The molecule has 2 atom stereocenters. The maximum absolute atomic E-state index is 13.2. The molecule has 1 aliphatic heterocycles. The lowest BCUT2D eigenvalue weighted by atomic mass is 9.90. The van der Waals surface area contributed by atoms with Gasteiger partial charge < -0.3 is 9.84 Å². The van der Waals surface area contributed by atoms with Crippen molar-refractivity contribution >= 4 is 5.97 Å². The van der Waals surface area contributed by atoms with E-state index in [0.29, 0.717) is 31.6 Å². The summed E-state index contributed by atoms with van der Waals surface area (Å²) in [6.45, 7) is 2.82. The standard InChI is InChI=1S/C16H17F6NO3/c1-14(13(24)25)6-7-23(9-14)8-10-2-4-11(5-3-10)26-16(21,22)12(17)15(18,19)20/h2-5,12H,6-9H2,1H3,(H,24,25). The molecule has 0 aromatic heterocycles. The third kappa shape index (κ3) is 4.60. The van der Waals surface area contributed by atoms with Crippen LogP contribution in [0, 0.1) is 5.41 Å². The zero-order chi connectivity index (χ0) is 19.8. The molecule has 1 heterocycles. The molecular weight excluding hydrogens is 368 g/mol. The van der Waals surface area contributed by atoms with Gasteiger partial charge >= 0.3 is 18.3 Å². The summed E-state index contributed by atoms with van der Waals surface area (Å²) in [6.07, 6.45) is -14.8. The fourth-order valence-electron chi connectivity index (χ4n) is 2.69. The topological polar surface area (TPSA) is 49.8 Å². The number of carboxylic acids is 1. The van der Waals surface area contributed by atoms with E-state index < -0.39 is 35.6 Å². The average Bonchev–Trinajstić information content (AvgIpc) is 2.90. The van der Waals surface area contributed by atoms with E-state index in [1.54, 1.807) is 6.92 Å². The molecule has 0 radical (unpaired) electrons. The summed E-state index contributed by atoms with van der Waals surface area (Å²) in [4.78, 5) is 13.1. The second-order valence-electron chi connectivity index (χ2n) is 6.54. The van der Waals surface area contributed by atoms with Gasteiger partial charge in [-0.05, 0) is 37.6 Å². The second kappa shape index (κ2) is 6.98. The van der Waals surface area contributed by atoms with E-state index in [0.717, 1.165) is 12.1 Å². The normalized spacial score (nSPS) is 23.0. The monoisotopic (exact) mass is 385 g/mol. The minimum atomic E-state index is -5.74. The zero-order valence-corrected chi connectivity index (χ0v) is 13.7. The van der Waals surface area contributed by atoms with Crippen molar-refractivity contribution in [1.82, 2.24) is 4.90 Å². The molecule has 0 aliphatic carbocycles. The van der Waals surface area contributed by atoms with Crippen molar-refractivity contribution in [2.45, 2.75) is 38.3 Å². The van der Waals surface area contributed by atoms with Gasteiger partial charge in [0.15, 0.2) is 0 Å². The molecule has 1 aliphatic rings. The lowest BCUT2D eigenvalue weighted by molar-refractivity contribution is -0.304. The van der Waals surface area contributed by atoms with Gasteiger partial charge in [0.05, 0.1) is 5.41 Å². The fraction of sp³-hybridized carbons (Fsp3) is 0.562. The highest BCUT2D eigenvalue weighted by atomic mass is 19.4. The average molecular weight is 385 g/mol. The Hall–Kier alpha value is -1.97. The Morgan fingerprint density at radius 1 is 1.27 bits per heavy atom. The molecular formula is C16H17F6NO3. The third-order valence-electron chi connectivity index (χ3n) is 4.23. The molecule has 1 aromatic carbocycles. The summed E-state index contributed by atoms with van der Waals surface area (Å²) in [5.74, 6) is -1.51. The Kier molecular flexibility index (Phi) is 5.46. The SMILES string of the molecule is CC1(C(=O)O)CCN(Cc2ccc(OC(F)(F)C(F)C(F)(F)F)cc2)C1. The molecule has 1 saturated heterocycles. The number of alkyl halides is 6. The Balaban J connectivity index is 1.98. The quantitative estimate of drug-likeness (QED) is 0.756. The first kappa shape index (κ1) is 20.3. The Morgan fingerprint density at radius 3 is 2.31 bits per heavy atom. The highest BCUT2D eigenvalue weighted by Gasteiger charge is 2.59. The summed E-state index contributed by atoms with van der Waals surface area (Å²) in [7, 11) is 0. The van der Waals surface area contributed by atoms with Crippen molar-refractivity contribution in [3.63, 3.8) is 0 Å². The number of rotatable bonds is 6. The van der Waals surface area contributed by atoms with E-state index in [2.05, 4.69) is 4.74 Å². The lowest BCUT2D eigenvalue weighted by Gasteiger charge is -2.23. The highest BCUT2D eigenvalue weighted by molar-refractivity contribution is 5.74. The summed E-state index contributed by atoms with van der Waals surface area (Å²) >= 11 is 0. The first-order chi connectivity index (χ1) is 11.8. The molecule has 0 bridgehead atoms. The lowest BCUT2D eigenvalue weighted by Crippen LogP contribution is -2.45. The Bertz CT molecular complexity index is 648. The maximum Gasteiger partial charge on any atom is 0.439 e. The molecule has 4 nitrogen and oxygen atoms in total. The van der Waals surface area contributed by atoms with Gasteiger partial charge in [0.2, 0.25) is 0 Å². The first-order valence-electron chi connectivity index (χ1n) is 7.66. The predicted molar refractivity (Wildman–Crippen MR) is 78.6 cm³/mol. The number of aliphatic carboxylic acids is 1. The van der Waals surface area contributed by atoms with E-state index in [9.17, 15) is 36.2 Å². The van der Waals surface area contributed by atoms with Gasteiger partial charge in [-0.15, -0.1) is 0 Å². The molecule has 1 N–H and O–H groups in total. The van der Waals surface area contributed by atoms with Crippen LogP contribution in [-0.2, 0) is 11.3 Å². The van der Waals surface area contributed by atoms with E-state index in [1.807, 2.05) is 4.90 Å². The number of nitrogens with zero attached hydrogens (tertiary/aromatic N) is 1. The highest BCUT2D eigenvalue weighted by Crippen LogP contribution is 2.36. The molecule has 1 aromatic rings. The van der Waals surface area contributed by atoms with Crippen LogP contribution in [0.1, 0.15) is 18.9 Å². The van der Waals surface area contributed by atoms with Crippen LogP contribution >= 0.6 is 0 Å². The smallest absolute Gasteiger partial charge is 0.439 e. The number of carboxylic acid groups (broad SMARTS) is 1. The molecule has 0 saturated carbocycles. The molecule has 146 valence electrons. The van der Waals surface area contributed by atoms with Gasteiger partial charge in [0, 0.05) is 13.1 Å². The van der Waals surface area contributed by atoms with Crippen molar-refractivity contribution in [3.8, 4) is 5.75 Å². The van der Waals surface area contributed by atoms with Gasteiger partial charge in [-0.1, -0.05) is 12.1 Å². The maximum atomic E-state index is 13.2. The van der Waals surface area contributed by atoms with Gasteiger partial charge in [-0.25, -0.2) is 4.39 Å². The van der Waals surface area contributed by atoms with Crippen LogP contribution in [0.3, 0.4) is 0 Å². The van der Waals surface area contributed by atoms with Gasteiger partial charge in [0.25, 0.3) is 6.17 Å². The molecule has 0 amide bonds. The van der Waals surface area contributed by atoms with Crippen molar-refractivity contribution in [1.29, 1.82) is 0 Å².